The molecule has 6 heteroatoms. The van der Waals surface area contributed by atoms with Gasteiger partial charge in [-0.3, -0.25) is 4.79 Å². The summed E-state index contributed by atoms with van der Waals surface area (Å²) in [5.41, 5.74) is 3.95. The van der Waals surface area contributed by atoms with E-state index in [0.29, 0.717) is 17.3 Å². The minimum Gasteiger partial charge on any atom is -0.454 e. The van der Waals surface area contributed by atoms with Crippen LogP contribution in [0.4, 0.5) is 5.13 Å². The molecule has 0 unspecified atom stereocenters. The van der Waals surface area contributed by atoms with Crippen LogP contribution in [0.2, 0.25) is 0 Å². The van der Waals surface area contributed by atoms with Crippen molar-refractivity contribution < 1.29 is 14.3 Å². The third-order valence-corrected chi connectivity index (χ3v) is 5.97. The summed E-state index contributed by atoms with van der Waals surface area (Å²) in [5.74, 6) is 1.37. The van der Waals surface area contributed by atoms with Crippen LogP contribution in [-0.4, -0.2) is 17.7 Å². The van der Waals surface area contributed by atoms with E-state index in [-0.39, 0.29) is 18.6 Å². The first kappa shape index (κ1) is 19.3. The van der Waals surface area contributed by atoms with E-state index in [1.807, 2.05) is 60.0 Å². The molecule has 0 saturated heterocycles. The molecule has 1 aromatic heterocycles. The maximum atomic E-state index is 12.9. The van der Waals surface area contributed by atoms with Crippen LogP contribution >= 0.6 is 11.3 Å². The number of nitrogens with one attached hydrogen (secondary N) is 1. The quantitative estimate of drug-likeness (QED) is 0.428. The van der Waals surface area contributed by atoms with E-state index in [1.54, 1.807) is 0 Å². The number of carbonyl (C=O) groups is 1. The van der Waals surface area contributed by atoms with Crippen LogP contribution in [0.25, 0.3) is 11.3 Å². The van der Waals surface area contributed by atoms with E-state index < -0.39 is 0 Å². The third kappa shape index (κ3) is 4.29. The number of hydrogen-bond donors (Lipinski definition) is 1. The summed E-state index contributed by atoms with van der Waals surface area (Å²) >= 11 is 1.41. The Balaban J connectivity index is 1.32. The molecule has 0 spiro atoms. The van der Waals surface area contributed by atoms with Crippen LogP contribution in [0.5, 0.6) is 11.5 Å². The second kappa shape index (κ2) is 8.62. The van der Waals surface area contributed by atoms with Gasteiger partial charge in [0.05, 0.1) is 5.69 Å². The van der Waals surface area contributed by atoms with E-state index in [4.69, 9.17) is 9.47 Å². The van der Waals surface area contributed by atoms with E-state index >= 15 is 0 Å². The standard InChI is InChI=1S/C25H20N2O3S/c28-24(14-20(17-7-3-1-4-8-17)18-9-5-2-6-10-18)27-25-26-21(15-31-25)19-11-12-22-23(13-19)30-16-29-22/h1-13,15,20H,14,16H2,(H,26,27,28). The van der Waals surface area contributed by atoms with Crippen molar-refractivity contribution in [1.29, 1.82) is 0 Å². The lowest BCUT2D eigenvalue weighted by molar-refractivity contribution is -0.116. The van der Waals surface area contributed by atoms with Crippen LogP contribution in [0, 0.1) is 0 Å². The van der Waals surface area contributed by atoms with Crippen molar-refractivity contribution >= 4 is 22.4 Å². The molecule has 0 bridgehead atoms. The summed E-state index contributed by atoms with van der Waals surface area (Å²) in [7, 11) is 0. The molecule has 0 aliphatic carbocycles. The maximum Gasteiger partial charge on any atom is 0.231 e. The molecule has 4 aromatic rings. The Morgan fingerprint density at radius 3 is 2.32 bits per heavy atom. The van der Waals surface area contributed by atoms with Crippen molar-refractivity contribution in [2.75, 3.05) is 12.1 Å². The number of aromatic nitrogens is 1. The van der Waals surface area contributed by atoms with Gasteiger partial charge in [-0.15, -0.1) is 11.3 Å². The summed E-state index contributed by atoms with van der Waals surface area (Å²) in [6, 6.07) is 25.9. The Labute approximate surface area is 184 Å². The van der Waals surface area contributed by atoms with Gasteiger partial charge < -0.3 is 14.8 Å². The molecule has 0 atom stereocenters. The van der Waals surface area contributed by atoms with E-state index in [1.165, 1.54) is 11.3 Å². The highest BCUT2D eigenvalue weighted by Gasteiger charge is 2.19. The Morgan fingerprint density at radius 2 is 1.61 bits per heavy atom. The second-order valence-corrected chi connectivity index (χ2v) is 8.09. The van der Waals surface area contributed by atoms with Crippen molar-refractivity contribution in [3.8, 4) is 22.8 Å². The predicted octanol–water partition coefficient (Wildman–Crippen LogP) is 5.70. The summed E-state index contributed by atoms with van der Waals surface area (Å²) in [5, 5.41) is 5.48. The molecule has 1 amide bonds. The molecule has 1 aliphatic heterocycles. The third-order valence-electron chi connectivity index (χ3n) is 5.21. The average Bonchev–Trinajstić information content (AvgIpc) is 3.47. The highest BCUT2D eigenvalue weighted by Crippen LogP contribution is 2.36. The Hall–Kier alpha value is -3.64. The molecule has 0 fully saturated rings. The number of carbonyl (C=O) groups excluding carboxylic acids is 1. The first-order valence-corrected chi connectivity index (χ1v) is 10.9. The Bertz CT molecular complexity index is 1150. The number of fused-ring (bicyclic) bond motifs is 1. The number of ether oxygens (including phenoxy) is 2. The molecule has 154 valence electrons. The monoisotopic (exact) mass is 428 g/mol. The maximum absolute atomic E-state index is 12.9. The zero-order valence-electron chi connectivity index (χ0n) is 16.7. The van der Waals surface area contributed by atoms with Gasteiger partial charge in [0.15, 0.2) is 16.6 Å². The fourth-order valence-corrected chi connectivity index (χ4v) is 4.41. The minimum absolute atomic E-state index is 0.0179. The van der Waals surface area contributed by atoms with Crippen molar-refractivity contribution in [2.45, 2.75) is 12.3 Å². The van der Waals surface area contributed by atoms with E-state index in [0.717, 1.165) is 28.1 Å². The highest BCUT2D eigenvalue weighted by atomic mass is 32.1. The number of hydrogen-bond acceptors (Lipinski definition) is 5. The second-order valence-electron chi connectivity index (χ2n) is 7.23. The summed E-state index contributed by atoms with van der Waals surface area (Å²) in [6.45, 7) is 0.237. The van der Waals surface area contributed by atoms with Gasteiger partial charge in [-0.1, -0.05) is 60.7 Å². The molecule has 5 nitrogen and oxygen atoms in total. The molecular formula is C25H20N2O3S. The van der Waals surface area contributed by atoms with Crippen molar-refractivity contribution in [1.82, 2.24) is 4.98 Å². The number of thiazole rings is 1. The van der Waals surface area contributed by atoms with Crippen LogP contribution in [0.1, 0.15) is 23.5 Å². The topological polar surface area (TPSA) is 60.5 Å². The zero-order valence-corrected chi connectivity index (χ0v) is 17.5. The predicted molar refractivity (Wildman–Crippen MR) is 122 cm³/mol. The molecule has 0 radical (unpaired) electrons. The Kier molecular flexibility index (Phi) is 5.37. The number of benzene rings is 3. The zero-order chi connectivity index (χ0) is 21.0. The van der Waals surface area contributed by atoms with Gasteiger partial charge in [0, 0.05) is 23.3 Å². The highest BCUT2D eigenvalue weighted by molar-refractivity contribution is 7.14. The van der Waals surface area contributed by atoms with Crippen LogP contribution < -0.4 is 14.8 Å². The lowest BCUT2D eigenvalue weighted by atomic mass is 9.88. The van der Waals surface area contributed by atoms with Crippen LogP contribution in [0.15, 0.2) is 84.2 Å². The molecule has 2 heterocycles. The SMILES string of the molecule is O=C(CC(c1ccccc1)c1ccccc1)Nc1nc(-c2ccc3c(c2)OCO3)cs1. The normalized spacial score (nSPS) is 12.2. The number of amides is 1. The molecule has 5 rings (SSSR count). The summed E-state index contributed by atoms with van der Waals surface area (Å²) in [4.78, 5) is 17.5. The first-order valence-electron chi connectivity index (χ1n) is 10.0. The summed E-state index contributed by atoms with van der Waals surface area (Å²) in [6.07, 6.45) is 0.340. The Morgan fingerprint density at radius 1 is 0.935 bits per heavy atom. The van der Waals surface area contributed by atoms with Gasteiger partial charge in [-0.05, 0) is 29.3 Å². The molecule has 1 aliphatic rings. The fraction of sp³-hybridized carbons (Fsp3) is 0.120. The van der Waals surface area contributed by atoms with Crippen LogP contribution in [-0.2, 0) is 4.79 Å². The van der Waals surface area contributed by atoms with E-state index in [9.17, 15) is 4.79 Å². The first-order chi connectivity index (χ1) is 15.3. The molecule has 3 aromatic carbocycles. The van der Waals surface area contributed by atoms with Crippen molar-refractivity contribution in [3.05, 3.63) is 95.4 Å². The molecule has 0 saturated carbocycles. The van der Waals surface area contributed by atoms with Crippen LogP contribution in [0.3, 0.4) is 0 Å². The smallest absolute Gasteiger partial charge is 0.231 e. The van der Waals surface area contributed by atoms with Crippen molar-refractivity contribution in [3.63, 3.8) is 0 Å². The fourth-order valence-electron chi connectivity index (χ4n) is 3.67. The average molecular weight is 429 g/mol. The molecule has 1 N–H and O–H groups in total. The molecular weight excluding hydrogens is 408 g/mol. The number of anilines is 1. The number of nitrogens with zero attached hydrogens (tertiary/aromatic N) is 1. The van der Waals surface area contributed by atoms with Gasteiger partial charge in [0.2, 0.25) is 12.7 Å². The molecule has 31 heavy (non-hydrogen) atoms. The van der Waals surface area contributed by atoms with Crippen molar-refractivity contribution in [2.24, 2.45) is 0 Å². The van der Waals surface area contributed by atoms with Gasteiger partial charge in [0.1, 0.15) is 0 Å². The number of rotatable bonds is 6. The minimum atomic E-state index is -0.0655. The van der Waals surface area contributed by atoms with Gasteiger partial charge >= 0.3 is 0 Å². The van der Waals surface area contributed by atoms with Gasteiger partial charge in [0.25, 0.3) is 0 Å². The largest absolute Gasteiger partial charge is 0.454 e. The van der Waals surface area contributed by atoms with Gasteiger partial charge in [-0.25, -0.2) is 4.98 Å². The lowest BCUT2D eigenvalue weighted by Crippen LogP contribution is -2.16. The van der Waals surface area contributed by atoms with Gasteiger partial charge in [-0.2, -0.15) is 0 Å². The summed E-state index contributed by atoms with van der Waals surface area (Å²) < 4.78 is 10.8. The van der Waals surface area contributed by atoms with E-state index in [2.05, 4.69) is 34.6 Å². The lowest BCUT2D eigenvalue weighted by Gasteiger charge is -2.17.